The van der Waals surface area contributed by atoms with Gasteiger partial charge in [0.2, 0.25) is 0 Å². The Morgan fingerprint density at radius 2 is 2.31 bits per heavy atom. The molecule has 0 bridgehead atoms. The Kier molecular flexibility index (Phi) is 3.90. The van der Waals surface area contributed by atoms with Crippen molar-refractivity contribution >= 4 is 0 Å². The Labute approximate surface area is 96.2 Å². The Bertz CT molecular complexity index is 320. The van der Waals surface area contributed by atoms with Crippen molar-refractivity contribution in [3.63, 3.8) is 0 Å². The lowest BCUT2D eigenvalue weighted by molar-refractivity contribution is 0.0557. The van der Waals surface area contributed by atoms with Crippen LogP contribution in [-0.2, 0) is 18.3 Å². The van der Waals surface area contributed by atoms with Gasteiger partial charge in [-0.1, -0.05) is 5.21 Å². The second-order valence-electron chi connectivity index (χ2n) is 4.50. The summed E-state index contributed by atoms with van der Waals surface area (Å²) in [5.74, 6) is 0.727. The summed E-state index contributed by atoms with van der Waals surface area (Å²) in [7, 11) is 1.89. The molecule has 0 aliphatic carbocycles. The number of hydrogen-bond acceptors (Lipinski definition) is 4. The molecule has 1 unspecified atom stereocenters. The van der Waals surface area contributed by atoms with Gasteiger partial charge in [0.15, 0.2) is 0 Å². The average Bonchev–Trinajstić information content (AvgIpc) is 2.73. The maximum Gasteiger partial charge on any atom is 0.0964 e. The van der Waals surface area contributed by atoms with Gasteiger partial charge in [0, 0.05) is 39.0 Å². The van der Waals surface area contributed by atoms with Crippen molar-refractivity contribution in [2.24, 2.45) is 13.0 Å². The molecule has 1 aromatic rings. The van der Waals surface area contributed by atoms with E-state index in [9.17, 15) is 0 Å². The van der Waals surface area contributed by atoms with Gasteiger partial charge in [0.05, 0.1) is 5.69 Å². The van der Waals surface area contributed by atoms with Crippen LogP contribution in [0.2, 0.25) is 0 Å². The van der Waals surface area contributed by atoms with E-state index < -0.39 is 0 Å². The van der Waals surface area contributed by atoms with Crippen molar-refractivity contribution in [3.8, 4) is 0 Å². The van der Waals surface area contributed by atoms with Crippen LogP contribution in [0.4, 0.5) is 0 Å². The highest BCUT2D eigenvalue weighted by Gasteiger charge is 2.19. The van der Waals surface area contributed by atoms with Crippen LogP contribution in [0, 0.1) is 5.92 Å². The zero-order valence-corrected chi connectivity index (χ0v) is 10.0. The predicted molar refractivity (Wildman–Crippen MR) is 60.8 cm³/mol. The highest BCUT2D eigenvalue weighted by atomic mass is 16.5. The lowest BCUT2D eigenvalue weighted by Gasteiger charge is -2.28. The zero-order valence-electron chi connectivity index (χ0n) is 10.0. The molecule has 1 aliphatic heterocycles. The molecule has 2 heterocycles. The number of nitrogens with one attached hydrogen (secondary N) is 1. The second kappa shape index (κ2) is 5.41. The number of nitrogens with zero attached hydrogens (tertiary/aromatic N) is 3. The van der Waals surface area contributed by atoms with Gasteiger partial charge in [-0.3, -0.25) is 4.68 Å². The second-order valence-corrected chi connectivity index (χ2v) is 4.50. The van der Waals surface area contributed by atoms with Crippen LogP contribution in [0.15, 0.2) is 6.20 Å². The molecule has 0 aromatic carbocycles. The number of ether oxygens (including phenoxy) is 1. The third-order valence-electron chi connectivity index (χ3n) is 3.23. The minimum absolute atomic E-state index is 0.519. The van der Waals surface area contributed by atoms with Gasteiger partial charge in [-0.05, 0) is 25.7 Å². The van der Waals surface area contributed by atoms with E-state index in [0.29, 0.717) is 6.04 Å². The molecule has 0 radical (unpaired) electrons. The highest BCUT2D eigenvalue weighted by molar-refractivity contribution is 4.91. The fraction of sp³-hybridized carbons (Fsp3) is 0.818. The van der Waals surface area contributed by atoms with Crippen molar-refractivity contribution in [3.05, 3.63) is 11.9 Å². The van der Waals surface area contributed by atoms with Crippen LogP contribution in [0.1, 0.15) is 25.5 Å². The molecular weight excluding hydrogens is 204 g/mol. The first-order valence-corrected chi connectivity index (χ1v) is 5.92. The van der Waals surface area contributed by atoms with Gasteiger partial charge in [-0.2, -0.15) is 0 Å². The van der Waals surface area contributed by atoms with Gasteiger partial charge in [-0.25, -0.2) is 0 Å². The van der Waals surface area contributed by atoms with Crippen LogP contribution in [0.3, 0.4) is 0 Å². The summed E-state index contributed by atoms with van der Waals surface area (Å²) in [5, 5.41) is 11.5. The molecule has 1 atom stereocenters. The lowest BCUT2D eigenvalue weighted by atomic mass is 9.93. The molecule has 5 nitrogen and oxygen atoms in total. The summed E-state index contributed by atoms with van der Waals surface area (Å²) >= 11 is 0. The first-order chi connectivity index (χ1) is 7.75. The van der Waals surface area contributed by atoms with Gasteiger partial charge < -0.3 is 10.1 Å². The van der Waals surface area contributed by atoms with E-state index in [2.05, 4.69) is 22.6 Å². The molecule has 1 saturated heterocycles. The van der Waals surface area contributed by atoms with Crippen LogP contribution >= 0.6 is 0 Å². The fourth-order valence-corrected chi connectivity index (χ4v) is 2.12. The standard InChI is InChI=1S/C11H20N4O/c1-9(10-3-5-16-6-4-10)12-7-11-8-15(2)14-13-11/h8-10,12H,3-7H2,1-2H3. The zero-order chi connectivity index (χ0) is 11.4. The Balaban J connectivity index is 1.76. The Hall–Kier alpha value is -0.940. The molecule has 2 rings (SSSR count). The van der Waals surface area contributed by atoms with E-state index in [1.54, 1.807) is 4.68 Å². The van der Waals surface area contributed by atoms with Crippen LogP contribution in [-0.4, -0.2) is 34.2 Å². The van der Waals surface area contributed by atoms with Gasteiger partial charge in [0.25, 0.3) is 0 Å². The highest BCUT2D eigenvalue weighted by Crippen LogP contribution is 2.18. The summed E-state index contributed by atoms with van der Waals surface area (Å²) in [6, 6.07) is 0.519. The molecule has 5 heteroatoms. The van der Waals surface area contributed by atoms with Gasteiger partial charge in [0.1, 0.15) is 0 Å². The number of aryl methyl sites for hydroxylation is 1. The van der Waals surface area contributed by atoms with Gasteiger partial charge in [-0.15, -0.1) is 5.10 Å². The number of hydrogen-bond donors (Lipinski definition) is 1. The largest absolute Gasteiger partial charge is 0.381 e. The Morgan fingerprint density at radius 1 is 1.56 bits per heavy atom. The minimum atomic E-state index is 0.519. The molecule has 90 valence electrons. The van der Waals surface area contributed by atoms with E-state index in [0.717, 1.165) is 44.2 Å². The van der Waals surface area contributed by atoms with E-state index in [1.807, 2.05) is 13.2 Å². The summed E-state index contributed by atoms with van der Waals surface area (Å²) in [6.07, 6.45) is 4.27. The van der Waals surface area contributed by atoms with Crippen molar-refractivity contribution in [2.45, 2.75) is 32.4 Å². The molecule has 1 aliphatic rings. The summed E-state index contributed by atoms with van der Waals surface area (Å²) in [5.41, 5.74) is 1.00. The molecule has 0 saturated carbocycles. The topological polar surface area (TPSA) is 52.0 Å². The Morgan fingerprint density at radius 3 is 2.94 bits per heavy atom. The van der Waals surface area contributed by atoms with E-state index in [1.165, 1.54) is 0 Å². The van der Waals surface area contributed by atoms with E-state index >= 15 is 0 Å². The van der Waals surface area contributed by atoms with Gasteiger partial charge >= 0.3 is 0 Å². The smallest absolute Gasteiger partial charge is 0.0964 e. The SMILES string of the molecule is CC(NCc1cn(C)nn1)C1CCOCC1. The minimum Gasteiger partial charge on any atom is -0.381 e. The third kappa shape index (κ3) is 3.02. The van der Waals surface area contributed by atoms with Crippen LogP contribution < -0.4 is 5.32 Å². The van der Waals surface area contributed by atoms with E-state index in [-0.39, 0.29) is 0 Å². The summed E-state index contributed by atoms with van der Waals surface area (Å²) < 4.78 is 7.09. The molecule has 1 fully saturated rings. The van der Waals surface area contributed by atoms with Crippen molar-refractivity contribution in [2.75, 3.05) is 13.2 Å². The normalized spacial score (nSPS) is 19.9. The maximum atomic E-state index is 5.36. The molecule has 0 spiro atoms. The summed E-state index contributed by atoms with van der Waals surface area (Å²) in [4.78, 5) is 0. The molecular formula is C11H20N4O. The molecule has 1 aromatic heterocycles. The number of rotatable bonds is 4. The maximum absolute atomic E-state index is 5.36. The average molecular weight is 224 g/mol. The van der Waals surface area contributed by atoms with Crippen LogP contribution in [0.25, 0.3) is 0 Å². The quantitative estimate of drug-likeness (QED) is 0.818. The van der Waals surface area contributed by atoms with Crippen molar-refractivity contribution in [1.29, 1.82) is 0 Å². The van der Waals surface area contributed by atoms with Crippen molar-refractivity contribution in [1.82, 2.24) is 20.3 Å². The first-order valence-electron chi connectivity index (χ1n) is 5.92. The molecule has 1 N–H and O–H groups in total. The third-order valence-corrected chi connectivity index (χ3v) is 3.23. The monoisotopic (exact) mass is 224 g/mol. The molecule has 0 amide bonds. The molecule has 16 heavy (non-hydrogen) atoms. The first kappa shape index (κ1) is 11.5. The van der Waals surface area contributed by atoms with Crippen molar-refractivity contribution < 1.29 is 4.74 Å². The lowest BCUT2D eigenvalue weighted by Crippen LogP contribution is -2.36. The van der Waals surface area contributed by atoms with E-state index in [4.69, 9.17) is 4.74 Å². The summed E-state index contributed by atoms with van der Waals surface area (Å²) in [6.45, 7) is 4.85. The number of aromatic nitrogens is 3. The predicted octanol–water partition coefficient (Wildman–Crippen LogP) is 0.720. The fourth-order valence-electron chi connectivity index (χ4n) is 2.12. The van der Waals surface area contributed by atoms with Crippen LogP contribution in [0.5, 0.6) is 0 Å².